The van der Waals surface area contributed by atoms with Crippen LogP contribution in [0.2, 0.25) is 0 Å². The Balaban J connectivity index is 1.64. The third kappa shape index (κ3) is 2.92. The van der Waals surface area contributed by atoms with Crippen molar-refractivity contribution in [2.75, 3.05) is 6.54 Å². The van der Waals surface area contributed by atoms with Crippen molar-refractivity contribution >= 4 is 11.3 Å². The summed E-state index contributed by atoms with van der Waals surface area (Å²) in [7, 11) is 0. The highest BCUT2D eigenvalue weighted by Gasteiger charge is 2.34. The fourth-order valence-electron chi connectivity index (χ4n) is 2.42. The van der Waals surface area contributed by atoms with E-state index in [9.17, 15) is 5.11 Å². The molecular weight excluding hydrogens is 268 g/mol. The van der Waals surface area contributed by atoms with Crippen LogP contribution in [0.1, 0.15) is 37.2 Å². The molecule has 3 rings (SSSR count). The molecule has 106 valence electrons. The molecule has 0 radical (unpaired) electrons. The van der Waals surface area contributed by atoms with E-state index >= 15 is 0 Å². The summed E-state index contributed by atoms with van der Waals surface area (Å²) in [6.45, 7) is 2.77. The maximum absolute atomic E-state index is 10.1. The summed E-state index contributed by atoms with van der Waals surface area (Å²) in [6.07, 6.45) is 2.97. The number of thiazole rings is 1. The van der Waals surface area contributed by atoms with Crippen molar-refractivity contribution in [3.8, 4) is 11.3 Å². The van der Waals surface area contributed by atoms with Crippen LogP contribution in [0.3, 0.4) is 0 Å². The third-order valence-corrected chi connectivity index (χ3v) is 5.01. The van der Waals surface area contributed by atoms with Gasteiger partial charge in [0.1, 0.15) is 5.01 Å². The van der Waals surface area contributed by atoms with Crippen molar-refractivity contribution in [1.29, 1.82) is 0 Å². The van der Waals surface area contributed by atoms with Gasteiger partial charge in [-0.05, 0) is 26.2 Å². The average Bonchev–Trinajstić information content (AvgIpc) is 2.93. The van der Waals surface area contributed by atoms with Gasteiger partial charge in [0.2, 0.25) is 0 Å². The Kier molecular flexibility index (Phi) is 3.87. The topological polar surface area (TPSA) is 45.1 Å². The number of nitrogens with zero attached hydrogens (tertiary/aromatic N) is 1. The first-order valence-electron chi connectivity index (χ1n) is 7.13. The molecule has 0 spiro atoms. The minimum absolute atomic E-state index is 0.182. The summed E-state index contributed by atoms with van der Waals surface area (Å²) in [5, 5.41) is 16.7. The highest BCUT2D eigenvalue weighted by atomic mass is 32.1. The Bertz CT molecular complexity index is 563. The van der Waals surface area contributed by atoms with Crippen molar-refractivity contribution in [3.63, 3.8) is 0 Å². The second-order valence-corrected chi connectivity index (χ2v) is 6.51. The number of aliphatic hydroxyl groups is 1. The van der Waals surface area contributed by atoms with Crippen molar-refractivity contribution in [1.82, 2.24) is 10.3 Å². The molecule has 2 N–H and O–H groups in total. The SMILES string of the molecule is CC(NCC1(O)CCC1)c1nc(-c2ccccc2)cs1. The molecule has 1 aliphatic carbocycles. The second-order valence-electron chi connectivity index (χ2n) is 5.62. The summed E-state index contributed by atoms with van der Waals surface area (Å²) in [6, 6.07) is 10.4. The summed E-state index contributed by atoms with van der Waals surface area (Å²) in [5.74, 6) is 0. The standard InChI is InChI=1S/C16H20N2OS/c1-12(17-11-16(19)8-5-9-16)15-18-14(10-20-15)13-6-3-2-4-7-13/h2-4,6-7,10,12,17,19H,5,8-9,11H2,1H3. The number of rotatable bonds is 5. The molecule has 20 heavy (non-hydrogen) atoms. The predicted octanol–water partition coefficient (Wildman–Crippen LogP) is 3.38. The van der Waals surface area contributed by atoms with Crippen molar-refractivity contribution in [2.24, 2.45) is 0 Å². The Hall–Kier alpha value is -1.23. The Morgan fingerprint density at radius 1 is 1.35 bits per heavy atom. The first kappa shape index (κ1) is 13.7. The molecule has 1 atom stereocenters. The molecule has 0 amide bonds. The van der Waals surface area contributed by atoms with Crippen LogP contribution in [0, 0.1) is 0 Å². The zero-order valence-electron chi connectivity index (χ0n) is 11.7. The molecule has 0 aliphatic heterocycles. The third-order valence-electron chi connectivity index (χ3n) is 3.98. The molecule has 1 saturated carbocycles. The maximum Gasteiger partial charge on any atom is 0.110 e. The van der Waals surface area contributed by atoms with Crippen LogP contribution in [-0.4, -0.2) is 22.2 Å². The molecule has 0 saturated heterocycles. The first-order valence-corrected chi connectivity index (χ1v) is 8.01. The molecule has 1 aliphatic rings. The van der Waals surface area contributed by atoms with Crippen LogP contribution in [0.15, 0.2) is 35.7 Å². The van der Waals surface area contributed by atoms with E-state index in [0.29, 0.717) is 6.54 Å². The summed E-state index contributed by atoms with van der Waals surface area (Å²) in [5.41, 5.74) is 1.70. The summed E-state index contributed by atoms with van der Waals surface area (Å²) in [4.78, 5) is 4.70. The molecular formula is C16H20N2OS. The number of nitrogens with one attached hydrogen (secondary N) is 1. The fraction of sp³-hybridized carbons (Fsp3) is 0.438. The average molecular weight is 288 g/mol. The molecule has 2 aromatic rings. The molecule has 1 fully saturated rings. The van der Waals surface area contributed by atoms with Crippen LogP contribution < -0.4 is 5.32 Å². The van der Waals surface area contributed by atoms with Gasteiger partial charge in [0.25, 0.3) is 0 Å². The van der Waals surface area contributed by atoms with Gasteiger partial charge in [0.15, 0.2) is 0 Å². The molecule has 1 heterocycles. The van der Waals surface area contributed by atoms with Gasteiger partial charge in [-0.25, -0.2) is 4.98 Å². The Morgan fingerprint density at radius 3 is 2.75 bits per heavy atom. The van der Waals surface area contributed by atoms with Gasteiger partial charge in [0, 0.05) is 17.5 Å². The summed E-state index contributed by atoms with van der Waals surface area (Å²) < 4.78 is 0. The maximum atomic E-state index is 10.1. The normalized spacial score (nSPS) is 18.5. The van der Waals surface area contributed by atoms with E-state index < -0.39 is 5.60 Å². The van der Waals surface area contributed by atoms with E-state index in [2.05, 4.69) is 29.8 Å². The molecule has 1 aromatic heterocycles. The van der Waals surface area contributed by atoms with Gasteiger partial charge in [0.05, 0.1) is 17.3 Å². The quantitative estimate of drug-likeness (QED) is 0.886. The number of hydrogen-bond acceptors (Lipinski definition) is 4. The Labute approximate surface area is 123 Å². The van der Waals surface area contributed by atoms with E-state index in [1.54, 1.807) is 11.3 Å². The lowest BCUT2D eigenvalue weighted by molar-refractivity contribution is -0.0329. The zero-order valence-corrected chi connectivity index (χ0v) is 12.5. The second kappa shape index (κ2) is 5.64. The molecule has 1 unspecified atom stereocenters. The number of hydrogen-bond donors (Lipinski definition) is 2. The van der Waals surface area contributed by atoms with Gasteiger partial charge >= 0.3 is 0 Å². The summed E-state index contributed by atoms with van der Waals surface area (Å²) >= 11 is 1.67. The smallest absolute Gasteiger partial charge is 0.110 e. The molecule has 1 aromatic carbocycles. The monoisotopic (exact) mass is 288 g/mol. The number of benzene rings is 1. The van der Waals surface area contributed by atoms with E-state index in [1.807, 2.05) is 18.2 Å². The van der Waals surface area contributed by atoms with Gasteiger partial charge in [-0.15, -0.1) is 11.3 Å². The van der Waals surface area contributed by atoms with E-state index in [1.165, 1.54) is 0 Å². The Morgan fingerprint density at radius 2 is 2.10 bits per heavy atom. The molecule has 0 bridgehead atoms. The van der Waals surface area contributed by atoms with Crippen molar-refractivity contribution < 1.29 is 5.11 Å². The van der Waals surface area contributed by atoms with Gasteiger partial charge in [-0.3, -0.25) is 0 Å². The molecule has 3 nitrogen and oxygen atoms in total. The molecule has 4 heteroatoms. The van der Waals surface area contributed by atoms with Crippen LogP contribution in [0.25, 0.3) is 11.3 Å². The van der Waals surface area contributed by atoms with Gasteiger partial charge in [-0.1, -0.05) is 30.3 Å². The van der Waals surface area contributed by atoms with Crippen LogP contribution >= 0.6 is 11.3 Å². The minimum atomic E-state index is -0.478. The van der Waals surface area contributed by atoms with Crippen molar-refractivity contribution in [3.05, 3.63) is 40.7 Å². The van der Waals surface area contributed by atoms with Crippen molar-refractivity contribution in [2.45, 2.75) is 37.8 Å². The van der Waals surface area contributed by atoms with Crippen LogP contribution in [0.5, 0.6) is 0 Å². The van der Waals surface area contributed by atoms with E-state index in [0.717, 1.165) is 35.5 Å². The highest BCUT2D eigenvalue weighted by Crippen LogP contribution is 2.32. The highest BCUT2D eigenvalue weighted by molar-refractivity contribution is 7.10. The largest absolute Gasteiger partial charge is 0.389 e. The lowest BCUT2D eigenvalue weighted by Crippen LogP contribution is -2.46. The zero-order chi connectivity index (χ0) is 14.0. The van der Waals surface area contributed by atoms with Gasteiger partial charge in [-0.2, -0.15) is 0 Å². The minimum Gasteiger partial charge on any atom is -0.389 e. The van der Waals surface area contributed by atoms with E-state index in [-0.39, 0.29) is 6.04 Å². The van der Waals surface area contributed by atoms with Crippen LogP contribution in [-0.2, 0) is 0 Å². The van der Waals surface area contributed by atoms with E-state index in [4.69, 9.17) is 4.98 Å². The van der Waals surface area contributed by atoms with Gasteiger partial charge < -0.3 is 10.4 Å². The predicted molar refractivity (Wildman–Crippen MR) is 82.8 cm³/mol. The van der Waals surface area contributed by atoms with Crippen LogP contribution in [0.4, 0.5) is 0 Å². The number of aromatic nitrogens is 1. The fourth-order valence-corrected chi connectivity index (χ4v) is 3.28. The first-order chi connectivity index (χ1) is 9.66. The lowest BCUT2D eigenvalue weighted by atomic mass is 9.80. The lowest BCUT2D eigenvalue weighted by Gasteiger charge is -2.37.